The van der Waals surface area contributed by atoms with Gasteiger partial charge in [0.05, 0.1) is 13.2 Å². The van der Waals surface area contributed by atoms with Crippen LogP contribution in [0.4, 0.5) is 10.8 Å². The largest absolute Gasteiger partial charge is 0.622 e. The molecule has 2 atom stereocenters. The van der Waals surface area contributed by atoms with E-state index in [1.54, 1.807) is 0 Å². The van der Waals surface area contributed by atoms with Crippen LogP contribution in [0.3, 0.4) is 0 Å². The number of ether oxygens (including phenoxy) is 2. The summed E-state index contributed by atoms with van der Waals surface area (Å²) in [5.74, 6) is 0. The summed E-state index contributed by atoms with van der Waals surface area (Å²) >= 11 is 6.45. The lowest BCUT2D eigenvalue weighted by Gasteiger charge is -2.38. The lowest BCUT2D eigenvalue weighted by Crippen LogP contribution is -2.51. The van der Waals surface area contributed by atoms with Gasteiger partial charge >= 0.3 is 5.13 Å². The molecule has 1 aromatic heterocycles. The number of benzene rings is 1. The Balaban J connectivity index is 1.74. The van der Waals surface area contributed by atoms with Crippen molar-refractivity contribution >= 4 is 39.5 Å². The molecule has 1 N–H and O–H groups in total. The van der Waals surface area contributed by atoms with E-state index in [0.717, 1.165) is 22.6 Å². The Bertz CT molecular complexity index is 787. The maximum absolute atomic E-state index is 13.5. The third-order valence-corrected chi connectivity index (χ3v) is 5.14. The van der Waals surface area contributed by atoms with Gasteiger partial charge in [0.2, 0.25) is 0 Å². The fourth-order valence-corrected chi connectivity index (χ4v) is 3.77. The first-order valence-corrected chi connectivity index (χ1v) is 9.42. The van der Waals surface area contributed by atoms with E-state index in [1.807, 2.05) is 50.1 Å². The average Bonchev–Trinajstić information content (AvgIpc) is 3.16. The molecule has 0 radical (unpaired) electrons. The molecule has 0 aliphatic carbocycles. The van der Waals surface area contributed by atoms with Gasteiger partial charge in [-0.1, -0.05) is 28.4 Å². The average molecular weight is 396 g/mol. The van der Waals surface area contributed by atoms with E-state index in [1.165, 1.54) is 0 Å². The first kappa shape index (κ1) is 18.9. The number of nitrogens with one attached hydrogen (secondary N) is 1. The Morgan fingerprint density at radius 3 is 2.96 bits per heavy atom. The second kappa shape index (κ2) is 7.80. The van der Waals surface area contributed by atoms with Gasteiger partial charge in [-0.3, -0.25) is 4.65 Å². The number of aromatic nitrogens is 2. The molecule has 0 amide bonds. The van der Waals surface area contributed by atoms with Crippen molar-refractivity contribution in [1.82, 2.24) is 19.7 Å². The molecule has 1 aliphatic heterocycles. The SMILES string of the molecule is CCOc1nnc([N+]2([O-])CN(C)CC2OC(=S)Nc2ccccc2C)s1. The van der Waals surface area contributed by atoms with E-state index in [-0.39, 0.29) is 11.8 Å². The van der Waals surface area contributed by atoms with Crippen molar-refractivity contribution in [1.29, 1.82) is 0 Å². The Hall–Kier alpha value is -1.85. The van der Waals surface area contributed by atoms with E-state index >= 15 is 0 Å². The molecule has 0 bridgehead atoms. The van der Waals surface area contributed by atoms with Crippen LogP contribution in [-0.4, -0.2) is 53.4 Å². The van der Waals surface area contributed by atoms with Gasteiger partial charge in [0.1, 0.15) is 6.67 Å². The lowest BCUT2D eigenvalue weighted by molar-refractivity contribution is 0.101. The summed E-state index contributed by atoms with van der Waals surface area (Å²) in [6.07, 6.45) is -0.730. The van der Waals surface area contributed by atoms with Crippen LogP contribution < -0.4 is 14.7 Å². The van der Waals surface area contributed by atoms with Gasteiger partial charge in [0.15, 0.2) is 0 Å². The van der Waals surface area contributed by atoms with Crippen molar-refractivity contribution in [3.05, 3.63) is 35.0 Å². The molecule has 2 heterocycles. The summed E-state index contributed by atoms with van der Waals surface area (Å²) in [7, 11) is 1.86. The molecule has 140 valence electrons. The number of nitrogens with zero attached hydrogens (tertiary/aromatic N) is 4. The number of hydroxylamine groups is 2. The predicted octanol–water partition coefficient (Wildman–Crippen LogP) is 2.69. The predicted molar refractivity (Wildman–Crippen MR) is 106 cm³/mol. The van der Waals surface area contributed by atoms with E-state index < -0.39 is 10.9 Å². The van der Waals surface area contributed by atoms with E-state index in [4.69, 9.17) is 21.7 Å². The van der Waals surface area contributed by atoms with E-state index in [2.05, 4.69) is 15.5 Å². The van der Waals surface area contributed by atoms with Gasteiger partial charge in [0, 0.05) is 17.0 Å². The highest BCUT2D eigenvalue weighted by Crippen LogP contribution is 2.36. The highest BCUT2D eigenvalue weighted by atomic mass is 32.1. The minimum atomic E-state index is -0.767. The van der Waals surface area contributed by atoms with Gasteiger partial charge in [-0.2, -0.15) is 0 Å². The monoisotopic (exact) mass is 395 g/mol. The highest BCUT2D eigenvalue weighted by molar-refractivity contribution is 7.80. The van der Waals surface area contributed by atoms with E-state index in [9.17, 15) is 5.21 Å². The van der Waals surface area contributed by atoms with Gasteiger partial charge < -0.3 is 20.0 Å². The Morgan fingerprint density at radius 1 is 1.46 bits per heavy atom. The van der Waals surface area contributed by atoms with Gasteiger partial charge in [-0.15, -0.1) is 0 Å². The number of hydrogen-bond donors (Lipinski definition) is 1. The van der Waals surface area contributed by atoms with E-state index in [0.29, 0.717) is 23.5 Å². The third-order valence-electron chi connectivity index (χ3n) is 4.00. The fourth-order valence-electron chi connectivity index (χ4n) is 2.73. The van der Waals surface area contributed by atoms with Crippen molar-refractivity contribution in [3.8, 4) is 5.19 Å². The van der Waals surface area contributed by atoms with Crippen LogP contribution in [0.5, 0.6) is 5.19 Å². The molecule has 8 nitrogen and oxygen atoms in total. The van der Waals surface area contributed by atoms with Crippen LogP contribution in [0.25, 0.3) is 0 Å². The summed E-state index contributed by atoms with van der Waals surface area (Å²) in [5, 5.41) is 25.3. The van der Waals surface area contributed by atoms with Gasteiger partial charge in [-0.25, -0.2) is 4.90 Å². The zero-order chi connectivity index (χ0) is 18.7. The second-order valence-corrected chi connectivity index (χ2v) is 7.35. The third kappa shape index (κ3) is 3.94. The molecule has 2 unspecified atom stereocenters. The van der Waals surface area contributed by atoms with Crippen molar-refractivity contribution in [2.24, 2.45) is 0 Å². The summed E-state index contributed by atoms with van der Waals surface area (Å²) in [5.41, 5.74) is 1.89. The molecule has 1 saturated heterocycles. The maximum atomic E-state index is 13.5. The van der Waals surface area contributed by atoms with Gasteiger partial charge in [0.25, 0.3) is 16.6 Å². The van der Waals surface area contributed by atoms with Crippen LogP contribution in [0.2, 0.25) is 0 Å². The van der Waals surface area contributed by atoms with Crippen LogP contribution >= 0.6 is 23.6 Å². The molecule has 1 aliphatic rings. The molecule has 26 heavy (non-hydrogen) atoms. The van der Waals surface area contributed by atoms with Crippen LogP contribution in [0.15, 0.2) is 24.3 Å². The fraction of sp³-hybridized carbons (Fsp3) is 0.438. The van der Waals surface area contributed by atoms with Crippen LogP contribution in [-0.2, 0) is 4.74 Å². The van der Waals surface area contributed by atoms with Crippen molar-refractivity contribution in [2.75, 3.05) is 32.2 Å². The van der Waals surface area contributed by atoms with Crippen molar-refractivity contribution < 1.29 is 9.47 Å². The first-order valence-electron chi connectivity index (χ1n) is 8.20. The molecule has 10 heteroatoms. The minimum absolute atomic E-state index is 0.160. The molecule has 0 saturated carbocycles. The lowest BCUT2D eigenvalue weighted by atomic mass is 10.2. The molecule has 2 aromatic rings. The molecular weight excluding hydrogens is 374 g/mol. The minimum Gasteiger partial charge on any atom is -0.622 e. The van der Waals surface area contributed by atoms with Crippen LogP contribution in [0.1, 0.15) is 12.5 Å². The molecule has 1 aromatic carbocycles. The highest BCUT2D eigenvalue weighted by Gasteiger charge is 2.45. The zero-order valence-electron chi connectivity index (χ0n) is 14.8. The standard InChI is InChI=1S/C16H21N5O3S2/c1-4-23-16-19-18-14(26-16)21(22)10-20(3)9-13(21)24-15(25)17-12-8-6-5-7-11(12)2/h5-8,13H,4,9-10H2,1-3H3,(H,17,25). The summed E-state index contributed by atoms with van der Waals surface area (Å²) in [6.45, 7) is 4.94. The molecular formula is C16H21N5O3S2. The maximum Gasteiger partial charge on any atom is 0.314 e. The Morgan fingerprint density at radius 2 is 2.23 bits per heavy atom. The Kier molecular flexibility index (Phi) is 5.68. The molecule has 3 rings (SSSR count). The van der Waals surface area contributed by atoms with Crippen molar-refractivity contribution in [2.45, 2.75) is 20.1 Å². The smallest absolute Gasteiger partial charge is 0.314 e. The van der Waals surface area contributed by atoms with Crippen molar-refractivity contribution in [3.63, 3.8) is 0 Å². The zero-order valence-corrected chi connectivity index (χ0v) is 16.5. The number of likely N-dealkylation sites (N-methyl/N-ethyl adjacent to an activating group) is 1. The van der Waals surface area contributed by atoms with Gasteiger partial charge in [-0.05, 0) is 44.7 Å². The molecule has 0 spiro atoms. The number of anilines is 1. The topological polar surface area (TPSA) is 82.6 Å². The normalized spacial score (nSPS) is 23.0. The van der Waals surface area contributed by atoms with Crippen LogP contribution in [0, 0.1) is 12.1 Å². The summed E-state index contributed by atoms with van der Waals surface area (Å²) in [6, 6.07) is 7.73. The summed E-state index contributed by atoms with van der Waals surface area (Å²) < 4.78 is 10.4. The number of rotatable bonds is 5. The Labute approximate surface area is 161 Å². The number of para-hydroxylation sites is 1. The number of thiocarbonyl (C=S) groups is 1. The quantitative estimate of drug-likeness (QED) is 0.470. The number of quaternary nitrogens is 1. The number of hydrogen-bond acceptors (Lipinski definition) is 8. The summed E-state index contributed by atoms with van der Waals surface area (Å²) in [4.78, 5) is 1.88. The second-order valence-electron chi connectivity index (χ2n) is 6.06. The molecule has 1 fully saturated rings. The number of aryl methyl sites for hydroxylation is 1. The first-order chi connectivity index (χ1) is 12.4.